The van der Waals surface area contributed by atoms with E-state index in [4.69, 9.17) is 31.9 Å². The highest BCUT2D eigenvalue weighted by atomic mass is 35.5. The lowest BCUT2D eigenvalue weighted by Gasteiger charge is -2.20. The number of nitrogens with two attached hydrogens (primary N) is 1. The van der Waals surface area contributed by atoms with E-state index in [9.17, 15) is 0 Å². The maximum Gasteiger partial charge on any atom is 0.327 e. The number of benzene rings is 3. The molecule has 0 saturated carbocycles. The third-order valence-corrected chi connectivity index (χ3v) is 5.46. The van der Waals surface area contributed by atoms with Gasteiger partial charge >= 0.3 is 6.01 Å². The second-order valence-electron chi connectivity index (χ2n) is 7.25. The number of hydrogen-bond donors (Lipinski definition) is 2. The van der Waals surface area contributed by atoms with Crippen LogP contribution >= 0.6 is 11.6 Å². The van der Waals surface area contributed by atoms with E-state index in [1.165, 1.54) is 0 Å². The van der Waals surface area contributed by atoms with E-state index >= 15 is 0 Å². The summed E-state index contributed by atoms with van der Waals surface area (Å²) in [6, 6.07) is 15.3. The van der Waals surface area contributed by atoms with Crippen LogP contribution in [0.15, 0.2) is 48.5 Å². The third-order valence-electron chi connectivity index (χ3n) is 5.16. The van der Waals surface area contributed by atoms with Crippen molar-refractivity contribution < 1.29 is 14.6 Å². The van der Waals surface area contributed by atoms with Crippen LogP contribution in [-0.4, -0.2) is 26.7 Å². The molecule has 1 aliphatic rings. The van der Waals surface area contributed by atoms with Crippen molar-refractivity contribution in [3.8, 4) is 23.1 Å². The van der Waals surface area contributed by atoms with Gasteiger partial charge in [-0.2, -0.15) is 15.0 Å². The van der Waals surface area contributed by atoms with Crippen LogP contribution in [-0.2, 0) is 24.4 Å². The van der Waals surface area contributed by atoms with E-state index < -0.39 is 0 Å². The van der Waals surface area contributed by atoms with E-state index in [2.05, 4.69) is 15.0 Å². The lowest BCUT2D eigenvalue weighted by molar-refractivity contribution is 0.103. The van der Waals surface area contributed by atoms with Crippen LogP contribution in [0.2, 0.25) is 5.02 Å². The number of nitrogen functional groups attached to an aromatic ring is 1. The van der Waals surface area contributed by atoms with E-state index in [1.807, 2.05) is 42.5 Å². The van der Waals surface area contributed by atoms with Gasteiger partial charge in [-0.1, -0.05) is 41.9 Å². The summed E-state index contributed by atoms with van der Waals surface area (Å²) >= 11 is 6.66. The number of halogens is 1. The van der Waals surface area contributed by atoms with Crippen molar-refractivity contribution >= 4 is 28.3 Å². The van der Waals surface area contributed by atoms with Crippen LogP contribution in [0.1, 0.15) is 16.7 Å². The Morgan fingerprint density at radius 3 is 2.74 bits per heavy atom. The Hall–Kier alpha value is -3.26. The smallest absolute Gasteiger partial charge is 0.327 e. The number of aliphatic hydroxyl groups is 1. The van der Waals surface area contributed by atoms with Crippen molar-refractivity contribution in [3.63, 3.8) is 0 Å². The van der Waals surface area contributed by atoms with Gasteiger partial charge in [0.15, 0.2) is 5.82 Å². The maximum absolute atomic E-state index is 9.16. The largest absolute Gasteiger partial charge is 0.424 e. The summed E-state index contributed by atoms with van der Waals surface area (Å²) in [5, 5.41) is 11.7. The van der Waals surface area contributed by atoms with Gasteiger partial charge in [-0.05, 0) is 52.1 Å². The Bertz CT molecular complexity index is 1300. The minimum Gasteiger partial charge on any atom is -0.424 e. The van der Waals surface area contributed by atoms with E-state index in [1.54, 1.807) is 6.07 Å². The molecule has 156 valence electrons. The summed E-state index contributed by atoms with van der Waals surface area (Å²) in [5.41, 5.74) is 9.73. The first-order valence-electron chi connectivity index (χ1n) is 9.82. The van der Waals surface area contributed by atoms with Gasteiger partial charge in [0.05, 0.1) is 18.2 Å². The zero-order chi connectivity index (χ0) is 21.4. The Morgan fingerprint density at radius 2 is 1.87 bits per heavy atom. The fourth-order valence-electron chi connectivity index (χ4n) is 3.87. The number of ether oxygens (including phenoxy) is 2. The topological polar surface area (TPSA) is 103 Å². The fourth-order valence-corrected chi connectivity index (χ4v) is 4.19. The van der Waals surface area contributed by atoms with Gasteiger partial charge in [-0.25, -0.2) is 0 Å². The van der Waals surface area contributed by atoms with Crippen LogP contribution in [0, 0.1) is 0 Å². The monoisotopic (exact) mass is 434 g/mol. The molecule has 0 saturated heterocycles. The summed E-state index contributed by atoms with van der Waals surface area (Å²) < 4.78 is 11.5. The van der Waals surface area contributed by atoms with E-state index in [0.717, 1.165) is 27.5 Å². The van der Waals surface area contributed by atoms with Gasteiger partial charge in [0, 0.05) is 12.2 Å². The highest BCUT2D eigenvalue weighted by Crippen LogP contribution is 2.40. The standard InChI is InChI=1S/C23H19ClN4O3/c24-18-10-15-12-30-11-14-4-2-6-17(19(14)15)20(18)21-26-22(25)28-23(27-21)31-16-5-1-3-13(9-16)7-8-29/h1-6,9-10,29H,7-8,11-12H2,(H2,25,26,27,28). The Labute approximate surface area is 183 Å². The molecule has 0 amide bonds. The Balaban J connectivity index is 1.60. The molecule has 0 aliphatic carbocycles. The molecule has 5 rings (SSSR count). The van der Waals surface area contributed by atoms with Crippen molar-refractivity contribution in [3.05, 3.63) is 70.2 Å². The normalized spacial score (nSPS) is 12.8. The van der Waals surface area contributed by atoms with Gasteiger partial charge < -0.3 is 20.3 Å². The van der Waals surface area contributed by atoms with E-state index in [-0.39, 0.29) is 18.6 Å². The predicted molar refractivity (Wildman–Crippen MR) is 118 cm³/mol. The average Bonchev–Trinajstić information content (AvgIpc) is 2.74. The molecule has 2 heterocycles. The second kappa shape index (κ2) is 8.11. The minimum absolute atomic E-state index is 0.0337. The number of hydrogen-bond acceptors (Lipinski definition) is 7. The van der Waals surface area contributed by atoms with Crippen molar-refractivity contribution in [2.45, 2.75) is 19.6 Å². The van der Waals surface area contributed by atoms with Crippen LogP contribution in [0.25, 0.3) is 22.2 Å². The van der Waals surface area contributed by atoms with Gasteiger partial charge in [-0.3, -0.25) is 0 Å². The molecule has 1 aromatic heterocycles. The minimum atomic E-state index is 0.0337. The molecule has 0 atom stereocenters. The van der Waals surface area contributed by atoms with Crippen LogP contribution in [0.5, 0.6) is 11.8 Å². The highest BCUT2D eigenvalue weighted by molar-refractivity contribution is 6.35. The molecule has 0 spiro atoms. The molecule has 0 radical (unpaired) electrons. The SMILES string of the molecule is Nc1nc(Oc2cccc(CCO)c2)nc(-c2c(Cl)cc3c4c(cccc24)COC3)n1. The van der Waals surface area contributed by atoms with Crippen LogP contribution in [0.4, 0.5) is 5.95 Å². The Kier molecular flexibility index (Phi) is 5.15. The van der Waals surface area contributed by atoms with Gasteiger partial charge in [0.1, 0.15) is 5.75 Å². The van der Waals surface area contributed by atoms with Crippen LogP contribution < -0.4 is 10.5 Å². The molecule has 0 fully saturated rings. The lowest BCUT2D eigenvalue weighted by Crippen LogP contribution is -2.07. The Morgan fingerprint density at radius 1 is 1.03 bits per heavy atom. The fraction of sp³-hybridized carbons (Fsp3) is 0.174. The average molecular weight is 435 g/mol. The first-order valence-corrected chi connectivity index (χ1v) is 10.2. The zero-order valence-electron chi connectivity index (χ0n) is 16.5. The first-order chi connectivity index (χ1) is 15.1. The third kappa shape index (κ3) is 3.79. The molecule has 3 aromatic carbocycles. The van der Waals surface area contributed by atoms with Crippen molar-refractivity contribution in [2.75, 3.05) is 12.3 Å². The molecule has 4 aromatic rings. The molecular formula is C23H19ClN4O3. The number of anilines is 1. The molecular weight excluding hydrogens is 416 g/mol. The number of nitrogens with zero attached hydrogens (tertiary/aromatic N) is 3. The number of aliphatic hydroxyl groups excluding tert-OH is 1. The van der Waals surface area contributed by atoms with Crippen molar-refractivity contribution in [1.29, 1.82) is 0 Å². The summed E-state index contributed by atoms with van der Waals surface area (Å²) in [5.74, 6) is 0.920. The lowest BCUT2D eigenvalue weighted by atomic mass is 9.94. The summed E-state index contributed by atoms with van der Waals surface area (Å²) in [6.45, 7) is 1.11. The van der Waals surface area contributed by atoms with Gasteiger partial charge in [0.25, 0.3) is 0 Å². The molecule has 0 unspecified atom stereocenters. The molecule has 0 bridgehead atoms. The van der Waals surface area contributed by atoms with Crippen molar-refractivity contribution in [2.24, 2.45) is 0 Å². The van der Waals surface area contributed by atoms with Crippen molar-refractivity contribution in [1.82, 2.24) is 15.0 Å². The summed E-state index contributed by atoms with van der Waals surface area (Å²) in [4.78, 5) is 13.0. The maximum atomic E-state index is 9.16. The second-order valence-corrected chi connectivity index (χ2v) is 7.66. The molecule has 3 N–H and O–H groups in total. The molecule has 31 heavy (non-hydrogen) atoms. The van der Waals surface area contributed by atoms with E-state index in [0.29, 0.717) is 41.8 Å². The predicted octanol–water partition coefficient (Wildman–Crippen LogP) is 4.28. The summed E-state index contributed by atoms with van der Waals surface area (Å²) in [6.07, 6.45) is 0.530. The van der Waals surface area contributed by atoms with Crippen LogP contribution in [0.3, 0.4) is 0 Å². The number of rotatable bonds is 5. The summed E-state index contributed by atoms with van der Waals surface area (Å²) in [7, 11) is 0. The molecule has 7 nitrogen and oxygen atoms in total. The first kappa shape index (κ1) is 19.7. The van der Waals surface area contributed by atoms with Gasteiger partial charge in [-0.15, -0.1) is 0 Å². The number of aromatic nitrogens is 3. The highest BCUT2D eigenvalue weighted by Gasteiger charge is 2.21. The molecule has 8 heteroatoms. The van der Waals surface area contributed by atoms with Gasteiger partial charge in [0.2, 0.25) is 5.95 Å². The zero-order valence-corrected chi connectivity index (χ0v) is 17.3. The molecule has 1 aliphatic heterocycles. The quantitative estimate of drug-likeness (QED) is 0.483.